The molecule has 0 aliphatic carbocycles. The average molecular weight is 211 g/mol. The van der Waals surface area contributed by atoms with Crippen molar-refractivity contribution in [2.45, 2.75) is 0 Å². The first-order valence-electron chi connectivity index (χ1n) is 4.34. The molecule has 80 valence electrons. The van der Waals surface area contributed by atoms with Crippen molar-refractivity contribution in [1.82, 2.24) is 14.9 Å². The van der Waals surface area contributed by atoms with Crippen LogP contribution in [0.1, 0.15) is 21.0 Å². The summed E-state index contributed by atoms with van der Waals surface area (Å²) in [6.07, 6.45) is 1.19. The molecule has 1 aliphatic rings. The molecule has 2 heterocycles. The first-order chi connectivity index (χ1) is 7.20. The first kappa shape index (κ1) is 9.66. The van der Waals surface area contributed by atoms with E-state index in [4.69, 9.17) is 9.84 Å². The van der Waals surface area contributed by atoms with Gasteiger partial charge in [-0.05, 0) is 0 Å². The number of H-pyrrole nitrogens is 1. The van der Waals surface area contributed by atoms with Crippen LogP contribution in [0.25, 0.3) is 0 Å². The summed E-state index contributed by atoms with van der Waals surface area (Å²) in [5.41, 5.74) is -0.264. The van der Waals surface area contributed by atoms with Gasteiger partial charge < -0.3 is 19.7 Å². The molecule has 1 amide bonds. The van der Waals surface area contributed by atoms with Crippen LogP contribution in [0.5, 0.6) is 0 Å². The van der Waals surface area contributed by atoms with Gasteiger partial charge in [0, 0.05) is 6.54 Å². The molecule has 15 heavy (non-hydrogen) atoms. The number of hydrogen-bond acceptors (Lipinski definition) is 4. The molecule has 7 nitrogen and oxygen atoms in total. The first-order valence-corrected chi connectivity index (χ1v) is 4.34. The molecule has 0 saturated carbocycles. The lowest BCUT2D eigenvalue weighted by Gasteiger charge is -2.11. The second-order valence-electron chi connectivity index (χ2n) is 3.04. The second-order valence-corrected chi connectivity index (χ2v) is 3.04. The lowest BCUT2D eigenvalue weighted by Crippen LogP contribution is -2.29. The van der Waals surface area contributed by atoms with Gasteiger partial charge in [-0.15, -0.1) is 0 Å². The summed E-state index contributed by atoms with van der Waals surface area (Å²) < 4.78 is 5.00. The van der Waals surface area contributed by atoms with E-state index in [1.165, 1.54) is 11.2 Å². The molecule has 0 spiro atoms. The number of ether oxygens (including phenoxy) is 1. The molecule has 1 aromatic heterocycles. The maximum Gasteiger partial charge on any atom is 0.354 e. The van der Waals surface area contributed by atoms with E-state index in [9.17, 15) is 9.59 Å². The highest BCUT2D eigenvalue weighted by molar-refractivity contribution is 6.02. The van der Waals surface area contributed by atoms with Crippen molar-refractivity contribution < 1.29 is 19.4 Å². The quantitative estimate of drug-likeness (QED) is 0.690. The number of carboxylic acid groups (broad SMARTS) is 1. The van der Waals surface area contributed by atoms with Crippen LogP contribution in [0.2, 0.25) is 0 Å². The van der Waals surface area contributed by atoms with Crippen LogP contribution >= 0.6 is 0 Å². The van der Waals surface area contributed by atoms with Crippen molar-refractivity contribution in [1.29, 1.82) is 0 Å². The number of imidazole rings is 1. The molecular formula is C8H9N3O4. The number of aromatic nitrogens is 2. The largest absolute Gasteiger partial charge is 0.477 e. The van der Waals surface area contributed by atoms with E-state index in [1.54, 1.807) is 0 Å². The van der Waals surface area contributed by atoms with Crippen LogP contribution in [-0.2, 0) is 4.74 Å². The van der Waals surface area contributed by atoms with Gasteiger partial charge in [-0.1, -0.05) is 0 Å². The summed E-state index contributed by atoms with van der Waals surface area (Å²) in [4.78, 5) is 30.0. The van der Waals surface area contributed by atoms with E-state index in [2.05, 4.69) is 9.97 Å². The Morgan fingerprint density at radius 1 is 1.60 bits per heavy atom. The highest BCUT2D eigenvalue weighted by Gasteiger charge is 2.26. The summed E-state index contributed by atoms with van der Waals surface area (Å²) in [6, 6.07) is 0. The topological polar surface area (TPSA) is 95.5 Å². The molecule has 0 bridgehead atoms. The maximum absolute atomic E-state index is 11.7. The van der Waals surface area contributed by atoms with E-state index in [-0.39, 0.29) is 18.1 Å². The van der Waals surface area contributed by atoms with Crippen LogP contribution in [0.15, 0.2) is 6.33 Å². The van der Waals surface area contributed by atoms with Gasteiger partial charge in [0.05, 0.1) is 12.9 Å². The van der Waals surface area contributed by atoms with Gasteiger partial charge in [-0.25, -0.2) is 9.78 Å². The van der Waals surface area contributed by atoms with Crippen LogP contribution in [0.3, 0.4) is 0 Å². The molecule has 0 unspecified atom stereocenters. The molecule has 2 N–H and O–H groups in total. The normalized spacial score (nSPS) is 15.6. The van der Waals surface area contributed by atoms with Crippen LogP contribution in [0.4, 0.5) is 0 Å². The third-order valence-corrected chi connectivity index (χ3v) is 2.10. The second kappa shape index (κ2) is 3.70. The number of nitrogens with one attached hydrogen (secondary N) is 1. The number of rotatable bonds is 2. The molecule has 0 radical (unpaired) electrons. The number of carbonyl (C=O) groups is 2. The smallest absolute Gasteiger partial charge is 0.354 e. The maximum atomic E-state index is 11.7. The predicted molar refractivity (Wildman–Crippen MR) is 47.4 cm³/mol. The third-order valence-electron chi connectivity index (χ3n) is 2.10. The van der Waals surface area contributed by atoms with E-state index in [0.717, 1.165) is 0 Å². The zero-order chi connectivity index (χ0) is 10.8. The summed E-state index contributed by atoms with van der Waals surface area (Å²) >= 11 is 0. The van der Waals surface area contributed by atoms with Crippen molar-refractivity contribution in [2.75, 3.05) is 19.9 Å². The van der Waals surface area contributed by atoms with Gasteiger partial charge >= 0.3 is 5.97 Å². The lowest BCUT2D eigenvalue weighted by molar-refractivity contribution is 0.0647. The number of hydrogen-bond donors (Lipinski definition) is 2. The molecule has 1 saturated heterocycles. The number of aromatic amines is 1. The Morgan fingerprint density at radius 3 is 3.00 bits per heavy atom. The number of amides is 1. The summed E-state index contributed by atoms with van der Waals surface area (Å²) in [7, 11) is 0. The monoisotopic (exact) mass is 211 g/mol. The third kappa shape index (κ3) is 1.68. The zero-order valence-electron chi connectivity index (χ0n) is 7.77. The molecule has 7 heteroatoms. The van der Waals surface area contributed by atoms with E-state index >= 15 is 0 Å². The Bertz CT molecular complexity index is 394. The fourth-order valence-electron chi connectivity index (χ4n) is 1.34. The Balaban J connectivity index is 2.24. The number of carbonyl (C=O) groups excluding carboxylic acids is 1. The highest BCUT2D eigenvalue weighted by atomic mass is 16.5. The molecule has 1 aliphatic heterocycles. The standard InChI is InChI=1S/C8H9N3O4/c12-7(11-1-2-15-4-11)5-6(8(13)14)10-3-9-5/h3H,1-2,4H2,(H,9,10)(H,13,14). The minimum absolute atomic E-state index is 0.0759. The number of carboxylic acids is 1. The van der Waals surface area contributed by atoms with Gasteiger partial charge in [0.25, 0.3) is 5.91 Å². The zero-order valence-corrected chi connectivity index (χ0v) is 7.77. The van der Waals surface area contributed by atoms with Gasteiger partial charge in [0.15, 0.2) is 11.4 Å². The van der Waals surface area contributed by atoms with Crippen molar-refractivity contribution >= 4 is 11.9 Å². The molecule has 0 aromatic carbocycles. The Morgan fingerprint density at radius 2 is 2.40 bits per heavy atom. The highest BCUT2D eigenvalue weighted by Crippen LogP contribution is 2.09. The Labute approximate surface area is 84.7 Å². The minimum Gasteiger partial charge on any atom is -0.477 e. The average Bonchev–Trinajstić information content (AvgIpc) is 2.88. The Hall–Kier alpha value is -1.89. The number of nitrogens with zero attached hydrogens (tertiary/aromatic N) is 2. The molecule has 2 rings (SSSR count). The van der Waals surface area contributed by atoms with Crippen LogP contribution < -0.4 is 0 Å². The summed E-state index contributed by atoms with van der Waals surface area (Å²) in [6.45, 7) is 1.12. The molecule has 0 atom stereocenters. The van der Waals surface area contributed by atoms with Crippen molar-refractivity contribution in [2.24, 2.45) is 0 Å². The summed E-state index contributed by atoms with van der Waals surface area (Å²) in [5, 5.41) is 8.77. The van der Waals surface area contributed by atoms with E-state index in [0.29, 0.717) is 13.2 Å². The molecule has 1 aromatic rings. The van der Waals surface area contributed by atoms with E-state index < -0.39 is 11.9 Å². The minimum atomic E-state index is -1.20. The fraction of sp³-hybridized carbons (Fsp3) is 0.375. The summed E-state index contributed by atoms with van der Waals surface area (Å²) in [5.74, 6) is -1.62. The predicted octanol–water partition coefficient (Wildman–Crippen LogP) is -0.462. The van der Waals surface area contributed by atoms with Gasteiger partial charge in [-0.2, -0.15) is 0 Å². The van der Waals surface area contributed by atoms with Gasteiger partial charge in [0.1, 0.15) is 6.73 Å². The lowest BCUT2D eigenvalue weighted by atomic mass is 10.3. The molecule has 1 fully saturated rings. The van der Waals surface area contributed by atoms with Crippen molar-refractivity contribution in [3.63, 3.8) is 0 Å². The van der Waals surface area contributed by atoms with Crippen LogP contribution in [-0.4, -0.2) is 51.7 Å². The van der Waals surface area contributed by atoms with Crippen molar-refractivity contribution in [3.8, 4) is 0 Å². The SMILES string of the molecule is O=C(O)c1[nH]cnc1C(=O)N1CCOC1. The van der Waals surface area contributed by atoms with E-state index in [1.807, 2.05) is 0 Å². The Kier molecular flexibility index (Phi) is 2.38. The van der Waals surface area contributed by atoms with Crippen molar-refractivity contribution in [3.05, 3.63) is 17.7 Å². The molecular weight excluding hydrogens is 202 g/mol. The van der Waals surface area contributed by atoms with Gasteiger partial charge in [0.2, 0.25) is 0 Å². The fourth-order valence-corrected chi connectivity index (χ4v) is 1.34. The number of aromatic carboxylic acids is 1. The van der Waals surface area contributed by atoms with Crippen LogP contribution in [0, 0.1) is 0 Å². The van der Waals surface area contributed by atoms with Gasteiger partial charge in [-0.3, -0.25) is 4.79 Å².